The quantitative estimate of drug-likeness (QED) is 0.622. The molecular weight excluding hydrogens is 258 g/mol. The molecule has 0 bridgehead atoms. The van der Waals surface area contributed by atoms with Crippen molar-refractivity contribution in [2.24, 2.45) is 0 Å². The molecule has 0 radical (unpaired) electrons. The van der Waals surface area contributed by atoms with E-state index < -0.39 is 15.7 Å². The molecule has 1 rings (SSSR count). The molecule has 80 valence electrons. The Hall–Kier alpha value is -0.740. The number of thiol groups is 1. The van der Waals surface area contributed by atoms with Gasteiger partial charge in [0, 0.05) is 15.6 Å². The van der Waals surface area contributed by atoms with Gasteiger partial charge in [-0.3, -0.25) is 0 Å². The molecule has 15 heavy (non-hydrogen) atoms. The van der Waals surface area contributed by atoms with Crippen LogP contribution in [0.4, 0.5) is 0 Å². The number of hydrogen-bond acceptors (Lipinski definition) is 5. The van der Waals surface area contributed by atoms with E-state index in [1.54, 1.807) is 0 Å². The van der Waals surface area contributed by atoms with Crippen molar-refractivity contribution in [2.75, 3.05) is 0 Å². The third-order valence-electron chi connectivity index (χ3n) is 1.69. The van der Waals surface area contributed by atoms with Crippen molar-refractivity contribution in [3.05, 3.63) is 23.3 Å². The molecule has 0 spiro atoms. The molecule has 0 aliphatic carbocycles. The predicted molar refractivity (Wildman–Crippen MR) is 57.4 cm³/mol. The smallest absolute Gasteiger partial charge is 0.262 e. The molecule has 0 unspecified atom stereocenters. The van der Waals surface area contributed by atoms with Gasteiger partial charge in [0.1, 0.15) is 4.90 Å². The normalized spacial score (nSPS) is 11.1. The van der Waals surface area contributed by atoms with Gasteiger partial charge in [-0.05, 0) is 17.7 Å². The second-order valence-electron chi connectivity index (χ2n) is 2.69. The molecule has 1 N–H and O–H groups in total. The molecule has 0 atom stereocenters. The molecule has 0 saturated carbocycles. The van der Waals surface area contributed by atoms with Crippen molar-refractivity contribution in [3.63, 3.8) is 0 Å². The van der Waals surface area contributed by atoms with Crippen molar-refractivity contribution in [2.45, 2.75) is 16.4 Å². The Morgan fingerprint density at radius 3 is 2.53 bits per heavy atom. The van der Waals surface area contributed by atoms with Crippen molar-refractivity contribution in [3.8, 4) is 6.07 Å². The third-order valence-corrected chi connectivity index (χ3v) is 3.63. The number of hydrogen-bond donors (Lipinski definition) is 2. The average molecular weight is 264 g/mol. The van der Waals surface area contributed by atoms with Gasteiger partial charge in [0.05, 0.1) is 18.2 Å². The van der Waals surface area contributed by atoms with Crippen LogP contribution < -0.4 is 0 Å². The highest BCUT2D eigenvalue weighted by atomic mass is 35.7. The van der Waals surface area contributed by atoms with Crippen molar-refractivity contribution >= 4 is 32.4 Å². The first-order valence-electron chi connectivity index (χ1n) is 3.71. The van der Waals surface area contributed by atoms with Crippen LogP contribution in [0.1, 0.15) is 11.1 Å². The zero-order valence-electron chi connectivity index (χ0n) is 7.31. The first kappa shape index (κ1) is 12.3. The van der Waals surface area contributed by atoms with Gasteiger partial charge >= 0.3 is 0 Å². The summed E-state index contributed by atoms with van der Waals surface area (Å²) < 4.78 is 22.3. The van der Waals surface area contributed by atoms with E-state index >= 15 is 0 Å². The third kappa shape index (κ3) is 2.63. The lowest BCUT2D eigenvalue weighted by Crippen LogP contribution is -2.00. The van der Waals surface area contributed by atoms with E-state index in [1.165, 1.54) is 12.1 Å². The summed E-state index contributed by atoms with van der Waals surface area (Å²) in [4.78, 5) is -0.206. The van der Waals surface area contributed by atoms with E-state index in [4.69, 9.17) is 21.1 Å². The molecule has 0 fully saturated rings. The molecule has 0 aromatic heterocycles. The lowest BCUT2D eigenvalue weighted by molar-refractivity contribution is 0.278. The van der Waals surface area contributed by atoms with Crippen LogP contribution in [0, 0.1) is 11.3 Å². The van der Waals surface area contributed by atoms with Crippen LogP contribution >= 0.6 is 23.3 Å². The fourth-order valence-electron chi connectivity index (χ4n) is 1.14. The Balaban J connectivity index is 3.61. The summed E-state index contributed by atoms with van der Waals surface area (Å²) in [5, 5.41) is 17.6. The van der Waals surface area contributed by atoms with Gasteiger partial charge in [0.25, 0.3) is 9.05 Å². The van der Waals surface area contributed by atoms with E-state index in [9.17, 15) is 8.42 Å². The van der Waals surface area contributed by atoms with Crippen molar-refractivity contribution in [1.29, 1.82) is 5.26 Å². The van der Waals surface area contributed by atoms with Crippen LogP contribution in [0.2, 0.25) is 0 Å². The van der Waals surface area contributed by atoms with E-state index in [0.29, 0.717) is 0 Å². The topological polar surface area (TPSA) is 78.2 Å². The summed E-state index contributed by atoms with van der Waals surface area (Å²) in [6, 6.07) is 4.36. The Bertz CT molecular complexity index is 534. The van der Waals surface area contributed by atoms with Crippen molar-refractivity contribution in [1.82, 2.24) is 0 Å². The number of rotatable bonds is 2. The van der Waals surface area contributed by atoms with Crippen LogP contribution in [0.15, 0.2) is 21.9 Å². The molecule has 1 aromatic carbocycles. The maximum absolute atomic E-state index is 11.2. The fourth-order valence-corrected chi connectivity index (χ4v) is 3.23. The van der Waals surface area contributed by atoms with E-state index in [-0.39, 0.29) is 20.9 Å². The molecule has 1 aromatic rings. The lowest BCUT2D eigenvalue weighted by Gasteiger charge is -2.07. The van der Waals surface area contributed by atoms with E-state index in [0.717, 1.165) is 0 Å². The molecular formula is C8H6ClNO3S2. The van der Waals surface area contributed by atoms with Crippen LogP contribution in [-0.4, -0.2) is 13.5 Å². The molecule has 0 amide bonds. The number of aliphatic hydroxyl groups is 1. The number of nitrogens with zero attached hydrogens (tertiary/aromatic N) is 1. The molecule has 0 saturated heterocycles. The van der Waals surface area contributed by atoms with Gasteiger partial charge in [-0.1, -0.05) is 0 Å². The minimum Gasteiger partial charge on any atom is -0.392 e. The number of halogens is 1. The predicted octanol–water partition coefficient (Wildman–Crippen LogP) is 1.27. The van der Waals surface area contributed by atoms with Gasteiger partial charge < -0.3 is 5.11 Å². The Morgan fingerprint density at radius 2 is 2.13 bits per heavy atom. The van der Waals surface area contributed by atoms with Crippen LogP contribution in [0.25, 0.3) is 0 Å². The summed E-state index contributed by atoms with van der Waals surface area (Å²) in [7, 11) is 1.20. The SMILES string of the molecule is N#Cc1cc(S)c(S(=O)(=O)Cl)c(CO)c1. The van der Waals surface area contributed by atoms with Gasteiger partial charge in [0.2, 0.25) is 0 Å². The van der Waals surface area contributed by atoms with Crippen LogP contribution in [0.5, 0.6) is 0 Å². The highest BCUT2D eigenvalue weighted by molar-refractivity contribution is 8.14. The first-order chi connectivity index (χ1) is 6.90. The van der Waals surface area contributed by atoms with E-state index in [1.807, 2.05) is 6.07 Å². The van der Waals surface area contributed by atoms with E-state index in [2.05, 4.69) is 12.6 Å². The summed E-state index contributed by atoms with van der Waals surface area (Å²) in [6.07, 6.45) is 0. The standard InChI is InChI=1S/C8H6ClNO3S2/c9-15(12,13)8-6(4-11)1-5(3-10)2-7(8)14/h1-2,11,14H,4H2. The molecule has 0 aliphatic heterocycles. The Morgan fingerprint density at radius 1 is 1.53 bits per heavy atom. The average Bonchev–Trinajstić information content (AvgIpc) is 2.14. The highest BCUT2D eigenvalue weighted by Crippen LogP contribution is 2.28. The minimum atomic E-state index is -3.97. The number of aliphatic hydroxyl groups excluding tert-OH is 1. The largest absolute Gasteiger partial charge is 0.392 e. The highest BCUT2D eigenvalue weighted by Gasteiger charge is 2.19. The lowest BCUT2D eigenvalue weighted by atomic mass is 10.1. The van der Waals surface area contributed by atoms with Gasteiger partial charge in [-0.15, -0.1) is 12.6 Å². The summed E-state index contributed by atoms with van der Waals surface area (Å²) in [5.41, 5.74) is 0.280. The van der Waals surface area contributed by atoms with Gasteiger partial charge in [-0.25, -0.2) is 8.42 Å². The summed E-state index contributed by atoms with van der Waals surface area (Å²) in [6.45, 7) is -0.523. The first-order valence-corrected chi connectivity index (χ1v) is 6.47. The maximum atomic E-state index is 11.2. The Labute approximate surface area is 96.9 Å². The van der Waals surface area contributed by atoms with Crippen LogP contribution in [-0.2, 0) is 15.7 Å². The zero-order valence-corrected chi connectivity index (χ0v) is 9.77. The van der Waals surface area contributed by atoms with Gasteiger partial charge in [-0.2, -0.15) is 5.26 Å². The fraction of sp³-hybridized carbons (Fsp3) is 0.125. The van der Waals surface area contributed by atoms with Crippen molar-refractivity contribution < 1.29 is 13.5 Å². The van der Waals surface area contributed by atoms with Crippen LogP contribution in [0.3, 0.4) is 0 Å². The molecule has 4 nitrogen and oxygen atoms in total. The number of benzene rings is 1. The monoisotopic (exact) mass is 263 g/mol. The summed E-state index contributed by atoms with van der Waals surface area (Å²) >= 11 is 3.91. The zero-order chi connectivity index (χ0) is 11.6. The second kappa shape index (κ2) is 4.41. The molecule has 0 aliphatic rings. The second-order valence-corrected chi connectivity index (χ2v) is 5.68. The summed E-state index contributed by atoms with van der Waals surface area (Å²) in [5.74, 6) is 0. The molecule has 7 heteroatoms. The van der Waals surface area contributed by atoms with Gasteiger partial charge in [0.15, 0.2) is 0 Å². The number of nitriles is 1. The minimum absolute atomic E-state index is 0.0492. The maximum Gasteiger partial charge on any atom is 0.262 e. The Kier molecular flexibility index (Phi) is 3.62. The molecule has 0 heterocycles.